The van der Waals surface area contributed by atoms with Crippen molar-refractivity contribution in [2.75, 3.05) is 29.9 Å². The predicted octanol–water partition coefficient (Wildman–Crippen LogP) is 4.73. The van der Waals surface area contributed by atoms with Gasteiger partial charge >= 0.3 is 6.09 Å². The first-order valence-corrected chi connectivity index (χ1v) is 13.4. The Labute approximate surface area is 219 Å². The molecule has 0 atom stereocenters. The number of carbonyl (C=O) groups is 2. The van der Waals surface area contributed by atoms with Crippen LogP contribution in [0.2, 0.25) is 0 Å². The van der Waals surface area contributed by atoms with Crippen molar-refractivity contribution in [1.29, 1.82) is 0 Å². The molecule has 9 heteroatoms. The van der Waals surface area contributed by atoms with Gasteiger partial charge in [-0.2, -0.15) is 0 Å². The Morgan fingerprint density at radius 3 is 2.49 bits per heavy atom. The summed E-state index contributed by atoms with van der Waals surface area (Å²) in [5.74, 6) is 1.45. The van der Waals surface area contributed by atoms with Crippen molar-refractivity contribution >= 4 is 23.6 Å². The van der Waals surface area contributed by atoms with E-state index >= 15 is 0 Å². The summed E-state index contributed by atoms with van der Waals surface area (Å²) in [5.41, 5.74) is 7.21. The van der Waals surface area contributed by atoms with Gasteiger partial charge in [-0.15, -0.1) is 0 Å². The third-order valence-electron chi connectivity index (χ3n) is 6.98. The highest BCUT2D eigenvalue weighted by Gasteiger charge is 2.23. The molecular formula is C28H40N6O3. The number of alkyl carbamates (subject to hydrolysis) is 1. The normalized spacial score (nSPS) is 17.3. The first-order valence-electron chi connectivity index (χ1n) is 13.4. The van der Waals surface area contributed by atoms with Crippen LogP contribution < -0.4 is 21.3 Å². The Morgan fingerprint density at radius 1 is 1.08 bits per heavy atom. The maximum Gasteiger partial charge on any atom is 0.407 e. The number of piperidine rings is 1. The number of rotatable bonds is 7. The molecule has 2 aromatic rings. The molecule has 4 rings (SSSR count). The maximum absolute atomic E-state index is 12.1. The zero-order valence-corrected chi connectivity index (χ0v) is 22.3. The lowest BCUT2D eigenvalue weighted by Crippen LogP contribution is -2.40. The van der Waals surface area contributed by atoms with Gasteiger partial charge in [0.1, 0.15) is 17.2 Å². The van der Waals surface area contributed by atoms with E-state index in [0.29, 0.717) is 29.8 Å². The molecule has 4 N–H and O–H groups in total. The predicted molar refractivity (Wildman–Crippen MR) is 146 cm³/mol. The number of ether oxygens (including phenoxy) is 1. The second-order valence-electron chi connectivity index (χ2n) is 11.2. The van der Waals surface area contributed by atoms with Crippen LogP contribution in [0.15, 0.2) is 30.5 Å². The maximum atomic E-state index is 12.1. The summed E-state index contributed by atoms with van der Waals surface area (Å²) in [7, 11) is 0. The van der Waals surface area contributed by atoms with Crippen molar-refractivity contribution in [3.63, 3.8) is 0 Å². The fraction of sp³-hybridized carbons (Fsp3) is 0.571. The molecule has 3 heterocycles. The number of aromatic nitrogens is 2. The number of nitrogens with two attached hydrogens (primary N) is 1. The number of nitrogens with zero attached hydrogens (tertiary/aromatic N) is 3. The Morgan fingerprint density at radius 2 is 1.81 bits per heavy atom. The van der Waals surface area contributed by atoms with Crippen molar-refractivity contribution < 1.29 is 14.3 Å². The van der Waals surface area contributed by atoms with Gasteiger partial charge in [-0.25, -0.2) is 14.8 Å². The summed E-state index contributed by atoms with van der Waals surface area (Å²) in [6.07, 6.45) is 9.32. The number of pyridine rings is 2. The van der Waals surface area contributed by atoms with E-state index in [1.807, 2.05) is 32.9 Å². The van der Waals surface area contributed by atoms with Gasteiger partial charge in [0.15, 0.2) is 0 Å². The van der Waals surface area contributed by atoms with E-state index in [1.54, 1.807) is 18.3 Å². The molecule has 0 radical (unpaired) electrons. The van der Waals surface area contributed by atoms with Gasteiger partial charge in [-0.1, -0.05) is 19.3 Å². The molecule has 1 saturated carbocycles. The van der Waals surface area contributed by atoms with Crippen LogP contribution >= 0.6 is 0 Å². The quantitative estimate of drug-likeness (QED) is 0.494. The Hall–Kier alpha value is -3.36. The zero-order chi connectivity index (χ0) is 26.4. The van der Waals surface area contributed by atoms with Crippen molar-refractivity contribution in [2.24, 2.45) is 11.7 Å². The fourth-order valence-electron chi connectivity index (χ4n) is 5.00. The molecule has 2 fully saturated rings. The van der Waals surface area contributed by atoms with E-state index in [4.69, 9.17) is 15.5 Å². The molecule has 1 aliphatic heterocycles. The standard InChI is InChI=1S/C28H40N6O3/c1-28(2,3)37-27(36)31-18-19-10-13-34(14-11-19)25-17-21(26(29)35)15-23(33-25)20-9-12-30-24(16-20)32-22-7-5-4-6-8-22/h9,12,15-17,19,22H,4-8,10-11,13-14,18H2,1-3H3,(H2,29,35)(H,30,32)(H,31,36). The van der Waals surface area contributed by atoms with Crippen molar-refractivity contribution in [2.45, 2.75) is 77.4 Å². The van der Waals surface area contributed by atoms with Crippen LogP contribution in [0.25, 0.3) is 11.3 Å². The Kier molecular flexibility index (Phi) is 8.51. The number of hydrogen-bond acceptors (Lipinski definition) is 7. The van der Waals surface area contributed by atoms with E-state index < -0.39 is 11.5 Å². The van der Waals surface area contributed by atoms with Gasteiger partial charge in [-0.05, 0) is 76.6 Å². The van der Waals surface area contributed by atoms with Crippen molar-refractivity contribution in [3.05, 3.63) is 36.0 Å². The van der Waals surface area contributed by atoms with Crippen LogP contribution in [0.1, 0.15) is 76.1 Å². The molecule has 1 saturated heterocycles. The molecule has 0 bridgehead atoms. The smallest absolute Gasteiger partial charge is 0.407 e. The summed E-state index contributed by atoms with van der Waals surface area (Å²) in [6, 6.07) is 7.89. The average molecular weight is 509 g/mol. The largest absolute Gasteiger partial charge is 0.444 e. The molecule has 2 amide bonds. The monoisotopic (exact) mass is 508 g/mol. The lowest BCUT2D eigenvalue weighted by molar-refractivity contribution is 0.0516. The number of carbonyl (C=O) groups excluding carboxylic acids is 2. The Balaban J connectivity index is 1.43. The molecule has 0 aromatic carbocycles. The molecule has 1 aliphatic carbocycles. The highest BCUT2D eigenvalue weighted by atomic mass is 16.6. The van der Waals surface area contributed by atoms with E-state index in [1.165, 1.54) is 19.3 Å². The molecular weight excluding hydrogens is 468 g/mol. The lowest BCUT2D eigenvalue weighted by atomic mass is 9.95. The highest BCUT2D eigenvalue weighted by molar-refractivity contribution is 5.94. The van der Waals surface area contributed by atoms with Gasteiger partial charge in [-0.3, -0.25) is 4.79 Å². The zero-order valence-electron chi connectivity index (χ0n) is 22.3. The van der Waals surface area contributed by atoms with Crippen LogP contribution in [-0.2, 0) is 4.74 Å². The van der Waals surface area contributed by atoms with Gasteiger partial charge in [0, 0.05) is 43.0 Å². The first-order chi connectivity index (χ1) is 17.7. The second kappa shape index (κ2) is 11.8. The average Bonchev–Trinajstić information content (AvgIpc) is 2.87. The molecule has 0 unspecified atom stereocenters. The van der Waals surface area contributed by atoms with E-state index in [0.717, 1.165) is 56.0 Å². The minimum atomic E-state index is -0.510. The SMILES string of the molecule is CC(C)(C)OC(=O)NCC1CCN(c2cc(C(N)=O)cc(-c3ccnc(NC4CCCCC4)c3)n2)CC1. The lowest BCUT2D eigenvalue weighted by Gasteiger charge is -2.33. The summed E-state index contributed by atoms with van der Waals surface area (Å²) >= 11 is 0. The molecule has 9 nitrogen and oxygen atoms in total. The van der Waals surface area contributed by atoms with Crippen LogP contribution in [-0.4, -0.2) is 53.2 Å². The van der Waals surface area contributed by atoms with E-state index in [-0.39, 0.29) is 6.09 Å². The minimum Gasteiger partial charge on any atom is -0.444 e. The fourth-order valence-corrected chi connectivity index (χ4v) is 5.00. The number of anilines is 2. The molecule has 37 heavy (non-hydrogen) atoms. The summed E-state index contributed by atoms with van der Waals surface area (Å²) in [5, 5.41) is 6.45. The highest BCUT2D eigenvalue weighted by Crippen LogP contribution is 2.28. The van der Waals surface area contributed by atoms with Gasteiger partial charge in [0.2, 0.25) is 5.91 Å². The van der Waals surface area contributed by atoms with E-state index in [2.05, 4.69) is 20.5 Å². The number of nitrogens with one attached hydrogen (secondary N) is 2. The molecule has 2 aromatic heterocycles. The van der Waals surface area contributed by atoms with Gasteiger partial charge in [0.25, 0.3) is 0 Å². The number of primary amides is 1. The second-order valence-corrected chi connectivity index (χ2v) is 11.2. The molecule has 2 aliphatic rings. The van der Waals surface area contributed by atoms with Crippen LogP contribution in [0, 0.1) is 5.92 Å². The van der Waals surface area contributed by atoms with Gasteiger partial charge < -0.3 is 26.0 Å². The molecule has 0 spiro atoms. The summed E-state index contributed by atoms with van der Waals surface area (Å²) in [4.78, 5) is 35.7. The topological polar surface area (TPSA) is 122 Å². The number of amides is 2. The van der Waals surface area contributed by atoms with Crippen LogP contribution in [0.5, 0.6) is 0 Å². The summed E-state index contributed by atoms with van der Waals surface area (Å²) in [6.45, 7) is 7.70. The minimum absolute atomic E-state index is 0.358. The third kappa shape index (κ3) is 7.81. The van der Waals surface area contributed by atoms with E-state index in [9.17, 15) is 9.59 Å². The Bertz CT molecular complexity index is 1090. The molecule has 200 valence electrons. The third-order valence-corrected chi connectivity index (χ3v) is 6.98. The first kappa shape index (κ1) is 26.7. The number of hydrogen-bond donors (Lipinski definition) is 3. The van der Waals surface area contributed by atoms with Crippen LogP contribution in [0.3, 0.4) is 0 Å². The summed E-state index contributed by atoms with van der Waals surface area (Å²) < 4.78 is 5.34. The van der Waals surface area contributed by atoms with Crippen molar-refractivity contribution in [3.8, 4) is 11.3 Å². The van der Waals surface area contributed by atoms with Crippen LogP contribution in [0.4, 0.5) is 16.4 Å². The van der Waals surface area contributed by atoms with Crippen molar-refractivity contribution in [1.82, 2.24) is 15.3 Å². The van der Waals surface area contributed by atoms with Gasteiger partial charge in [0.05, 0.1) is 5.69 Å².